The first-order valence-electron chi connectivity index (χ1n) is 11.9. The second-order valence-corrected chi connectivity index (χ2v) is 10.7. The van der Waals surface area contributed by atoms with Crippen LogP contribution in [-0.4, -0.2) is 51.3 Å². The third-order valence-corrected chi connectivity index (χ3v) is 7.98. The van der Waals surface area contributed by atoms with Crippen LogP contribution in [0.3, 0.4) is 0 Å². The number of benzene rings is 2. The van der Waals surface area contributed by atoms with E-state index in [1.54, 1.807) is 42.2 Å². The molecule has 2 bridgehead atoms. The number of hydrogen-bond acceptors (Lipinski definition) is 5. The average molecular weight is 505 g/mol. The monoisotopic (exact) mass is 504 g/mol. The zero-order valence-corrected chi connectivity index (χ0v) is 20.8. The number of amides is 1. The summed E-state index contributed by atoms with van der Waals surface area (Å²) in [5.41, 5.74) is 0.840. The molecule has 5 rings (SSSR count). The Labute approximate surface area is 207 Å². The van der Waals surface area contributed by atoms with E-state index in [4.69, 9.17) is 4.74 Å². The van der Waals surface area contributed by atoms with E-state index in [2.05, 4.69) is 4.72 Å². The molecule has 188 valence electrons. The Morgan fingerprint density at radius 2 is 1.91 bits per heavy atom. The number of piperidine rings is 2. The Morgan fingerprint density at radius 3 is 2.54 bits per heavy atom. The summed E-state index contributed by atoms with van der Waals surface area (Å²) < 4.78 is 51.1. The molecule has 0 spiro atoms. The van der Waals surface area contributed by atoms with Crippen LogP contribution in [0.4, 0.5) is 8.78 Å². The molecular weight excluding hydrogens is 474 g/mol. The van der Waals surface area contributed by atoms with Gasteiger partial charge in [0.1, 0.15) is 17.4 Å². The second kappa shape index (κ2) is 10.6. The van der Waals surface area contributed by atoms with Gasteiger partial charge in [0.25, 0.3) is 5.91 Å². The summed E-state index contributed by atoms with van der Waals surface area (Å²) in [5.74, 6) is -1.54. The molecule has 3 aliphatic rings. The summed E-state index contributed by atoms with van der Waals surface area (Å²) in [7, 11) is 0. The van der Waals surface area contributed by atoms with Gasteiger partial charge in [0, 0.05) is 29.9 Å². The zero-order valence-electron chi connectivity index (χ0n) is 20.0. The lowest BCUT2D eigenvalue weighted by Crippen LogP contribution is -2.71. The molecule has 2 saturated heterocycles. The van der Waals surface area contributed by atoms with Crippen molar-refractivity contribution >= 4 is 23.2 Å². The first kappa shape index (κ1) is 25.6. The smallest absolute Gasteiger partial charge is 0.303 e. The molecule has 4 atom stereocenters. The molecule has 1 N–H and O–H groups in total. The van der Waals surface area contributed by atoms with Crippen LogP contribution in [0.25, 0.3) is 11.1 Å². The molecule has 1 aliphatic carbocycles. The number of carbonyl (C=O) groups excluding carboxylic acids is 2. The maximum absolute atomic E-state index is 15.7. The van der Waals surface area contributed by atoms with E-state index in [0.717, 1.165) is 6.07 Å². The molecule has 0 aromatic heterocycles. The minimum atomic E-state index is -1.33. The number of ether oxygens (including phenoxy) is 1. The molecule has 2 aromatic rings. The Kier molecular flexibility index (Phi) is 7.78. The molecule has 0 radical (unpaired) electrons. The van der Waals surface area contributed by atoms with Crippen LogP contribution in [0.5, 0.6) is 0 Å². The number of esters is 1. The van der Waals surface area contributed by atoms with Crippen LogP contribution in [0, 0.1) is 17.6 Å². The Bertz CT molecular complexity index is 1080. The van der Waals surface area contributed by atoms with Crippen LogP contribution < -0.4 is 4.72 Å². The highest BCUT2D eigenvalue weighted by Gasteiger charge is 2.54. The topological polar surface area (TPSA) is 81.7 Å². The Hall–Kier alpha value is -2.49. The molecular formula is C26H30F2N2O4S. The number of fused-ring (bicyclic) bond motifs is 2. The summed E-state index contributed by atoms with van der Waals surface area (Å²) in [6.45, 7) is 4.53. The Balaban J connectivity index is 1.71. The van der Waals surface area contributed by atoms with Crippen LogP contribution in [0.2, 0.25) is 0 Å². The fraction of sp³-hybridized carbons (Fsp3) is 0.462. The maximum atomic E-state index is 15.7. The van der Waals surface area contributed by atoms with Crippen molar-refractivity contribution in [2.45, 2.75) is 64.3 Å². The molecule has 9 heteroatoms. The van der Waals surface area contributed by atoms with Gasteiger partial charge in [-0.2, -0.15) is 0 Å². The van der Waals surface area contributed by atoms with E-state index in [1.807, 2.05) is 0 Å². The lowest BCUT2D eigenvalue weighted by atomic mass is 9.66. The van der Waals surface area contributed by atoms with Crippen molar-refractivity contribution in [1.82, 2.24) is 9.62 Å². The van der Waals surface area contributed by atoms with Gasteiger partial charge >= 0.3 is 5.97 Å². The van der Waals surface area contributed by atoms with Crippen molar-refractivity contribution < 1.29 is 27.7 Å². The van der Waals surface area contributed by atoms with Crippen LogP contribution in [0.1, 0.15) is 39.2 Å². The van der Waals surface area contributed by atoms with Gasteiger partial charge in [-0.3, -0.25) is 9.59 Å². The van der Waals surface area contributed by atoms with Crippen molar-refractivity contribution in [3.05, 3.63) is 59.7 Å². The molecule has 35 heavy (non-hydrogen) atoms. The molecule has 1 amide bonds. The molecule has 1 saturated carbocycles. The van der Waals surface area contributed by atoms with Gasteiger partial charge in [-0.15, -0.1) is 4.72 Å². The van der Waals surface area contributed by atoms with E-state index in [1.165, 1.54) is 19.9 Å². The Morgan fingerprint density at radius 1 is 1.23 bits per heavy atom. The van der Waals surface area contributed by atoms with Crippen molar-refractivity contribution in [2.24, 2.45) is 5.92 Å². The predicted molar refractivity (Wildman–Crippen MR) is 129 cm³/mol. The summed E-state index contributed by atoms with van der Waals surface area (Å²) in [4.78, 5) is 26.5. The predicted octanol–water partition coefficient (Wildman–Crippen LogP) is 3.76. The fourth-order valence-corrected chi connectivity index (χ4v) is 6.06. The number of halogens is 2. The van der Waals surface area contributed by atoms with Crippen LogP contribution >= 0.6 is 0 Å². The number of hydrogen-bond donors (Lipinski definition) is 1. The standard InChI is InChI=1S/C26H30F2N2O4S/c1-4-35(33)29-25-19-11-21(12-19)30(26(32)15(2)34-16(3)31)23(25)13-18-10-20(27)14-22(24(18)28)17-8-6-5-7-9-17/h5-10,14-15,19,21,23,25,29H,4,11-13H2,1-3H3/t15-,19?,21?,23?,25?,35?/m1/s1. The number of nitrogens with zero attached hydrogens (tertiary/aromatic N) is 1. The van der Waals surface area contributed by atoms with Gasteiger partial charge in [0.2, 0.25) is 0 Å². The highest BCUT2D eigenvalue weighted by atomic mass is 32.2. The normalized spacial score (nSPS) is 24.9. The van der Waals surface area contributed by atoms with Gasteiger partial charge in [0.05, 0.1) is 12.1 Å². The number of rotatable bonds is 8. The first-order valence-corrected chi connectivity index (χ1v) is 13.2. The van der Waals surface area contributed by atoms with Crippen molar-refractivity contribution in [1.29, 1.82) is 0 Å². The lowest BCUT2D eigenvalue weighted by Gasteiger charge is -2.58. The molecule has 6 nitrogen and oxygen atoms in total. The van der Waals surface area contributed by atoms with E-state index in [0.29, 0.717) is 24.2 Å². The van der Waals surface area contributed by atoms with Crippen molar-refractivity contribution in [2.75, 3.05) is 5.75 Å². The van der Waals surface area contributed by atoms with Crippen LogP contribution in [0.15, 0.2) is 42.5 Å². The third-order valence-electron chi connectivity index (χ3n) is 6.92. The van der Waals surface area contributed by atoms with E-state index >= 15 is 4.39 Å². The molecule has 2 heterocycles. The molecule has 3 fully saturated rings. The van der Waals surface area contributed by atoms with E-state index < -0.39 is 41.1 Å². The second-order valence-electron chi connectivity index (χ2n) is 9.22. The third kappa shape index (κ3) is 5.37. The highest BCUT2D eigenvalue weighted by Crippen LogP contribution is 2.45. The van der Waals surface area contributed by atoms with Gasteiger partial charge in [-0.1, -0.05) is 30.3 Å². The highest BCUT2D eigenvalue weighted by molar-refractivity contribution is 7.89. The average Bonchev–Trinajstić information content (AvgIpc) is 2.80. The largest absolute Gasteiger partial charge is 0.598 e. The summed E-state index contributed by atoms with van der Waals surface area (Å²) in [6, 6.07) is 10.0. The molecule has 3 unspecified atom stereocenters. The zero-order chi connectivity index (χ0) is 25.3. The molecule has 2 aliphatic heterocycles. The minimum Gasteiger partial charge on any atom is -0.598 e. The minimum absolute atomic E-state index is 0.0353. The van der Waals surface area contributed by atoms with E-state index in [-0.39, 0.29) is 41.5 Å². The first-order chi connectivity index (χ1) is 16.7. The van der Waals surface area contributed by atoms with Crippen LogP contribution in [-0.2, 0) is 32.1 Å². The van der Waals surface area contributed by atoms with Gasteiger partial charge < -0.3 is 14.2 Å². The number of carbonyl (C=O) groups is 2. The SMILES string of the molecule is CC[S+]([O-])NC1C2CC(C2)N(C(=O)[C@@H](C)OC(C)=O)C1Cc1cc(F)cc(-c2ccccc2)c1F. The van der Waals surface area contributed by atoms with Crippen molar-refractivity contribution in [3.63, 3.8) is 0 Å². The van der Waals surface area contributed by atoms with Gasteiger partial charge in [-0.05, 0) is 62.3 Å². The van der Waals surface area contributed by atoms with E-state index in [9.17, 15) is 18.5 Å². The fourth-order valence-electron chi connectivity index (χ4n) is 5.24. The summed E-state index contributed by atoms with van der Waals surface area (Å²) in [5, 5.41) is 0. The van der Waals surface area contributed by atoms with Crippen molar-refractivity contribution in [3.8, 4) is 11.1 Å². The lowest BCUT2D eigenvalue weighted by molar-refractivity contribution is -0.168. The summed E-state index contributed by atoms with van der Waals surface area (Å²) in [6.07, 6.45) is 0.457. The van der Waals surface area contributed by atoms with Gasteiger partial charge in [-0.25, -0.2) is 8.78 Å². The maximum Gasteiger partial charge on any atom is 0.303 e. The summed E-state index contributed by atoms with van der Waals surface area (Å²) >= 11 is -1.33. The number of nitrogens with one attached hydrogen (secondary N) is 1. The molecule has 2 aromatic carbocycles. The quantitative estimate of drug-likeness (QED) is 0.437. The van der Waals surface area contributed by atoms with Gasteiger partial charge in [0.15, 0.2) is 6.10 Å².